The summed E-state index contributed by atoms with van der Waals surface area (Å²) in [6.45, 7) is 1.62. The summed E-state index contributed by atoms with van der Waals surface area (Å²) >= 11 is 9.13. The first-order chi connectivity index (χ1) is 8.63. The summed E-state index contributed by atoms with van der Waals surface area (Å²) in [5.74, 6) is 0. The molecule has 0 saturated carbocycles. The molecule has 0 amide bonds. The molecule has 18 heavy (non-hydrogen) atoms. The van der Waals surface area contributed by atoms with Crippen molar-refractivity contribution in [3.63, 3.8) is 0 Å². The molecule has 1 aromatic heterocycles. The van der Waals surface area contributed by atoms with Crippen LogP contribution in [0.4, 0.5) is 0 Å². The molecule has 0 aliphatic rings. The average Bonchev–Trinajstić information content (AvgIpc) is 2.35. The Morgan fingerprint density at radius 3 is 2.39 bits per heavy atom. The van der Waals surface area contributed by atoms with Crippen LogP contribution in [0, 0.1) is 0 Å². The number of hydrogen-bond donors (Lipinski definition) is 0. The molecule has 2 rings (SSSR count). The fraction of sp³-hybridized carbons (Fsp3) is 0.231. The summed E-state index contributed by atoms with van der Waals surface area (Å²) < 4.78 is 1.09. The van der Waals surface area contributed by atoms with Crippen LogP contribution in [0.5, 0.6) is 0 Å². The second-order valence-electron chi connectivity index (χ2n) is 4.15. The van der Waals surface area contributed by atoms with E-state index in [2.05, 4.69) is 50.2 Å². The van der Waals surface area contributed by atoms with Gasteiger partial charge in [-0.2, -0.15) is 5.10 Å². The second-order valence-corrected chi connectivity index (χ2v) is 5.45. The first kappa shape index (κ1) is 13.5. The Hall–Kier alpha value is -0.970. The predicted molar refractivity (Wildman–Crippen MR) is 76.4 cm³/mol. The van der Waals surface area contributed by atoms with Gasteiger partial charge >= 0.3 is 0 Å². The third-order valence-corrected chi connectivity index (χ3v) is 3.22. The van der Waals surface area contributed by atoms with Crippen LogP contribution in [-0.2, 0) is 13.1 Å². The topological polar surface area (TPSA) is 29.0 Å². The molecule has 0 unspecified atom stereocenters. The van der Waals surface area contributed by atoms with Crippen molar-refractivity contribution >= 4 is 27.5 Å². The second kappa shape index (κ2) is 6.27. The van der Waals surface area contributed by atoms with Gasteiger partial charge in [0.05, 0.1) is 5.69 Å². The van der Waals surface area contributed by atoms with E-state index in [4.69, 9.17) is 11.6 Å². The van der Waals surface area contributed by atoms with E-state index in [-0.39, 0.29) is 0 Å². The molecule has 0 spiro atoms. The lowest BCUT2D eigenvalue weighted by molar-refractivity contribution is 0.314. The summed E-state index contributed by atoms with van der Waals surface area (Å²) in [5, 5.41) is 8.30. The Morgan fingerprint density at radius 2 is 1.78 bits per heavy atom. The molecule has 0 aliphatic carbocycles. The highest BCUT2D eigenvalue weighted by Gasteiger charge is 2.03. The quantitative estimate of drug-likeness (QED) is 0.861. The first-order valence-corrected chi connectivity index (χ1v) is 6.71. The zero-order valence-electron chi connectivity index (χ0n) is 9.98. The molecule has 5 heteroatoms. The van der Waals surface area contributed by atoms with E-state index < -0.39 is 0 Å². The molecule has 0 aliphatic heterocycles. The van der Waals surface area contributed by atoms with Gasteiger partial charge in [0.2, 0.25) is 0 Å². The van der Waals surface area contributed by atoms with E-state index in [9.17, 15) is 0 Å². The van der Waals surface area contributed by atoms with Crippen molar-refractivity contribution in [1.29, 1.82) is 0 Å². The molecule has 1 aromatic carbocycles. The molecule has 0 fully saturated rings. The Labute approximate surface area is 120 Å². The third-order valence-electron chi connectivity index (χ3n) is 2.48. The van der Waals surface area contributed by atoms with E-state index in [0.29, 0.717) is 5.15 Å². The molecular weight excluding hydrogens is 314 g/mol. The van der Waals surface area contributed by atoms with Gasteiger partial charge in [-0.25, -0.2) is 0 Å². The highest BCUT2D eigenvalue weighted by Crippen LogP contribution is 2.12. The molecule has 3 nitrogen and oxygen atoms in total. The normalized spacial score (nSPS) is 10.9. The number of nitrogens with zero attached hydrogens (tertiary/aromatic N) is 3. The zero-order chi connectivity index (χ0) is 13.0. The maximum Gasteiger partial charge on any atom is 0.151 e. The summed E-state index contributed by atoms with van der Waals surface area (Å²) in [6.07, 6.45) is 0. The van der Waals surface area contributed by atoms with Crippen molar-refractivity contribution in [1.82, 2.24) is 15.1 Å². The minimum absolute atomic E-state index is 0.425. The molecule has 1 heterocycles. The van der Waals surface area contributed by atoms with Crippen molar-refractivity contribution in [2.24, 2.45) is 0 Å². The maximum absolute atomic E-state index is 5.70. The fourth-order valence-electron chi connectivity index (χ4n) is 1.66. The largest absolute Gasteiger partial charge is 0.296 e. The maximum atomic E-state index is 5.70. The number of benzene rings is 1. The average molecular weight is 327 g/mol. The van der Waals surface area contributed by atoms with Crippen molar-refractivity contribution < 1.29 is 0 Å². The van der Waals surface area contributed by atoms with Crippen LogP contribution in [0.15, 0.2) is 40.9 Å². The van der Waals surface area contributed by atoms with Gasteiger partial charge in [-0.05, 0) is 36.9 Å². The van der Waals surface area contributed by atoms with Crippen molar-refractivity contribution in [3.05, 3.63) is 57.3 Å². The smallest absolute Gasteiger partial charge is 0.151 e. The molecule has 0 radical (unpaired) electrons. The lowest BCUT2D eigenvalue weighted by Crippen LogP contribution is -2.18. The molecule has 94 valence electrons. The fourth-order valence-corrected chi connectivity index (χ4v) is 2.03. The van der Waals surface area contributed by atoms with Gasteiger partial charge in [0.25, 0.3) is 0 Å². The van der Waals surface area contributed by atoms with Crippen LogP contribution in [-0.4, -0.2) is 22.1 Å². The monoisotopic (exact) mass is 325 g/mol. The Balaban J connectivity index is 1.94. The van der Waals surface area contributed by atoms with Gasteiger partial charge in [-0.15, -0.1) is 5.10 Å². The van der Waals surface area contributed by atoms with E-state index in [1.807, 2.05) is 18.2 Å². The Kier molecular flexibility index (Phi) is 4.69. The summed E-state index contributed by atoms with van der Waals surface area (Å²) in [7, 11) is 2.05. The molecule has 0 N–H and O–H groups in total. The number of hydrogen-bond acceptors (Lipinski definition) is 3. The number of halogens is 2. The van der Waals surface area contributed by atoms with Crippen molar-refractivity contribution in [3.8, 4) is 0 Å². The molecule has 2 aromatic rings. The lowest BCUT2D eigenvalue weighted by atomic mass is 10.2. The highest BCUT2D eigenvalue weighted by molar-refractivity contribution is 9.10. The van der Waals surface area contributed by atoms with Gasteiger partial charge in [0, 0.05) is 17.6 Å². The highest BCUT2D eigenvalue weighted by atomic mass is 79.9. The third kappa shape index (κ3) is 4.05. The van der Waals surface area contributed by atoms with Crippen LogP contribution in [0.25, 0.3) is 0 Å². The minimum atomic E-state index is 0.425. The van der Waals surface area contributed by atoms with Crippen LogP contribution < -0.4 is 0 Å². The van der Waals surface area contributed by atoms with Gasteiger partial charge in [0.15, 0.2) is 5.15 Å². The number of rotatable bonds is 4. The van der Waals surface area contributed by atoms with Gasteiger partial charge in [-0.1, -0.05) is 39.7 Å². The SMILES string of the molecule is CN(Cc1ccc(Br)cc1)Cc1ccc(Cl)nn1. The Bertz CT molecular complexity index is 451. The summed E-state index contributed by atoms with van der Waals surface area (Å²) in [6, 6.07) is 12.0. The van der Waals surface area contributed by atoms with Gasteiger partial charge < -0.3 is 0 Å². The standard InChI is InChI=1S/C13H13BrClN3/c1-18(8-10-2-4-11(14)5-3-10)9-12-6-7-13(15)17-16-12/h2-7H,8-9H2,1H3. The predicted octanol–water partition coefficient (Wildman–Crippen LogP) is 3.52. The summed E-state index contributed by atoms with van der Waals surface area (Å²) in [4.78, 5) is 2.18. The molecular formula is C13H13BrClN3. The number of aromatic nitrogens is 2. The van der Waals surface area contributed by atoms with E-state index in [1.54, 1.807) is 6.07 Å². The van der Waals surface area contributed by atoms with Crippen molar-refractivity contribution in [2.75, 3.05) is 7.05 Å². The van der Waals surface area contributed by atoms with E-state index in [0.717, 1.165) is 23.3 Å². The van der Waals surface area contributed by atoms with Crippen LogP contribution in [0.1, 0.15) is 11.3 Å². The molecule has 0 atom stereocenters. The Morgan fingerprint density at radius 1 is 1.06 bits per heavy atom. The zero-order valence-corrected chi connectivity index (χ0v) is 12.3. The molecule has 0 bridgehead atoms. The van der Waals surface area contributed by atoms with Crippen LogP contribution in [0.2, 0.25) is 5.15 Å². The summed E-state index contributed by atoms with van der Waals surface area (Å²) in [5.41, 5.74) is 2.18. The first-order valence-electron chi connectivity index (χ1n) is 5.54. The lowest BCUT2D eigenvalue weighted by Gasteiger charge is -2.15. The van der Waals surface area contributed by atoms with Crippen molar-refractivity contribution in [2.45, 2.75) is 13.1 Å². The van der Waals surface area contributed by atoms with Crippen LogP contribution >= 0.6 is 27.5 Å². The molecule has 0 saturated heterocycles. The van der Waals surface area contributed by atoms with E-state index in [1.165, 1.54) is 5.56 Å². The van der Waals surface area contributed by atoms with Gasteiger partial charge in [0.1, 0.15) is 0 Å². The van der Waals surface area contributed by atoms with E-state index >= 15 is 0 Å². The van der Waals surface area contributed by atoms with Crippen LogP contribution in [0.3, 0.4) is 0 Å². The minimum Gasteiger partial charge on any atom is -0.296 e. The van der Waals surface area contributed by atoms with Gasteiger partial charge in [-0.3, -0.25) is 4.90 Å².